The van der Waals surface area contributed by atoms with Crippen LogP contribution in [0.25, 0.3) is 21.3 Å². The average molecular weight is 659 g/mol. The fourth-order valence-electron chi connectivity index (χ4n) is 5.74. The Kier molecular flexibility index (Phi) is 9.74. The minimum Gasteiger partial charge on any atom is -0.392 e. The number of rotatable bonds is 10. The molecule has 1 aromatic heterocycles. The molecule has 7 rings (SSSR count). The first kappa shape index (κ1) is 31.3. The van der Waals surface area contributed by atoms with Gasteiger partial charge in [-0.25, -0.2) is 4.98 Å². The van der Waals surface area contributed by atoms with Crippen molar-refractivity contribution in [1.29, 1.82) is 0 Å². The molecule has 6 nitrogen and oxygen atoms in total. The largest absolute Gasteiger partial charge is 0.392 e. The summed E-state index contributed by atoms with van der Waals surface area (Å²) < 4.78 is 15.4. The van der Waals surface area contributed by atoms with Crippen molar-refractivity contribution in [1.82, 2.24) is 10.3 Å². The van der Waals surface area contributed by atoms with Crippen LogP contribution in [0.15, 0.2) is 132 Å². The van der Waals surface area contributed by atoms with Crippen LogP contribution in [0.2, 0.25) is 0 Å². The topological polar surface area (TPSA) is 80.7 Å². The maximum Gasteiger partial charge on any atom is 0.251 e. The van der Waals surface area contributed by atoms with Crippen LogP contribution in [0.5, 0.6) is 0 Å². The van der Waals surface area contributed by atoms with Crippen molar-refractivity contribution in [2.24, 2.45) is 0 Å². The molecule has 0 aliphatic carbocycles. The molecule has 0 radical (unpaired) electrons. The molecular formula is C39H34N2O4S2. The number of fused-ring (bicyclic) bond motifs is 1. The zero-order chi connectivity index (χ0) is 32.0. The molecule has 47 heavy (non-hydrogen) atoms. The van der Waals surface area contributed by atoms with Gasteiger partial charge in [-0.3, -0.25) is 4.79 Å². The molecule has 2 N–H and O–H groups in total. The predicted octanol–water partition coefficient (Wildman–Crippen LogP) is 8.72. The average Bonchev–Trinajstić information content (AvgIpc) is 3.57. The second-order valence-corrected chi connectivity index (χ2v) is 13.7. The van der Waals surface area contributed by atoms with E-state index in [1.54, 1.807) is 23.1 Å². The maximum absolute atomic E-state index is 12.7. The van der Waals surface area contributed by atoms with Gasteiger partial charge in [-0.1, -0.05) is 115 Å². The van der Waals surface area contributed by atoms with E-state index in [9.17, 15) is 9.90 Å². The Morgan fingerprint density at radius 3 is 2.34 bits per heavy atom. The number of aliphatic hydroxyl groups excluding tert-OH is 1. The molecule has 1 fully saturated rings. The number of benzene rings is 5. The minimum atomic E-state index is -0.540. The van der Waals surface area contributed by atoms with Gasteiger partial charge in [-0.15, -0.1) is 11.3 Å². The van der Waals surface area contributed by atoms with E-state index in [1.165, 1.54) is 4.70 Å². The van der Waals surface area contributed by atoms with Crippen molar-refractivity contribution in [3.05, 3.63) is 155 Å². The van der Waals surface area contributed by atoms with Gasteiger partial charge < -0.3 is 19.9 Å². The zero-order valence-electron chi connectivity index (χ0n) is 25.6. The van der Waals surface area contributed by atoms with Gasteiger partial charge >= 0.3 is 0 Å². The quantitative estimate of drug-likeness (QED) is 0.143. The Balaban J connectivity index is 1.08. The van der Waals surface area contributed by atoms with E-state index in [0.29, 0.717) is 18.5 Å². The fraction of sp³-hybridized carbons (Fsp3) is 0.179. The molecule has 1 aliphatic heterocycles. The van der Waals surface area contributed by atoms with Crippen molar-refractivity contribution >= 4 is 39.2 Å². The number of carbonyl (C=O) groups is 1. The third-order valence-electron chi connectivity index (χ3n) is 8.27. The highest BCUT2D eigenvalue weighted by Crippen LogP contribution is 2.40. The highest BCUT2D eigenvalue weighted by atomic mass is 32.2. The molecule has 3 atom stereocenters. The Morgan fingerprint density at radius 1 is 0.830 bits per heavy atom. The van der Waals surface area contributed by atoms with Crippen molar-refractivity contribution in [3.8, 4) is 11.1 Å². The van der Waals surface area contributed by atoms with Gasteiger partial charge in [0.2, 0.25) is 0 Å². The first-order valence-electron chi connectivity index (χ1n) is 15.6. The summed E-state index contributed by atoms with van der Waals surface area (Å²) in [5.74, 6) is 0.657. The van der Waals surface area contributed by atoms with E-state index in [-0.39, 0.29) is 24.7 Å². The fourth-order valence-corrected chi connectivity index (χ4v) is 7.85. The maximum atomic E-state index is 12.7. The summed E-state index contributed by atoms with van der Waals surface area (Å²) >= 11 is 3.43. The summed E-state index contributed by atoms with van der Waals surface area (Å²) in [6.07, 6.45) is -0.0350. The highest BCUT2D eigenvalue weighted by Gasteiger charge is 2.32. The van der Waals surface area contributed by atoms with E-state index in [4.69, 9.17) is 14.5 Å². The van der Waals surface area contributed by atoms with Crippen molar-refractivity contribution in [2.75, 3.05) is 5.75 Å². The molecule has 2 heterocycles. The van der Waals surface area contributed by atoms with E-state index in [1.807, 2.05) is 91.0 Å². The molecule has 0 spiro atoms. The summed E-state index contributed by atoms with van der Waals surface area (Å²) in [5, 5.41) is 12.6. The van der Waals surface area contributed by atoms with Crippen molar-refractivity contribution < 1.29 is 19.4 Å². The van der Waals surface area contributed by atoms with E-state index in [2.05, 4.69) is 41.7 Å². The number of amides is 1. The van der Waals surface area contributed by atoms with Gasteiger partial charge in [-0.05, 0) is 52.1 Å². The standard InChI is InChI=1S/C39H34N2O4S2/c42-24-26-14-16-28(17-15-26)35-22-32(25-46-39-41-34-12-6-7-13-36(34)47-39)44-38(45-35)30-20-18-27(19-21-30)33-11-5-4-10-31(33)23-40-37(43)29-8-2-1-3-9-29/h1-21,32,35,38,42H,22-25H2,(H,40,43)/t32-,35+,38+/m1/s1. The molecule has 0 bridgehead atoms. The number of aliphatic hydroxyl groups is 1. The van der Waals surface area contributed by atoms with Crippen LogP contribution in [-0.2, 0) is 22.6 Å². The number of nitrogens with one attached hydrogen (secondary N) is 1. The van der Waals surface area contributed by atoms with E-state index < -0.39 is 6.29 Å². The Labute approximate surface area is 282 Å². The molecular weight excluding hydrogens is 625 g/mol. The molecule has 236 valence electrons. The number of hydrogen-bond acceptors (Lipinski definition) is 7. The van der Waals surface area contributed by atoms with Crippen LogP contribution in [0.4, 0.5) is 0 Å². The summed E-state index contributed by atoms with van der Waals surface area (Å²) in [4.78, 5) is 17.5. The number of para-hydroxylation sites is 1. The number of thiazole rings is 1. The lowest BCUT2D eigenvalue weighted by atomic mass is 9.97. The van der Waals surface area contributed by atoms with E-state index in [0.717, 1.165) is 49.0 Å². The SMILES string of the molecule is O=C(NCc1ccccc1-c1ccc([C@H]2O[C@@H](CSc3nc4ccccc4s3)C[C@@H](c3ccc(CO)cc3)O2)cc1)c1ccccc1. The second kappa shape index (κ2) is 14.6. The first-order valence-corrected chi connectivity index (χ1v) is 17.4. The summed E-state index contributed by atoms with van der Waals surface area (Å²) in [7, 11) is 0. The van der Waals surface area contributed by atoms with Crippen LogP contribution in [-0.4, -0.2) is 27.9 Å². The van der Waals surface area contributed by atoms with E-state index >= 15 is 0 Å². The number of carbonyl (C=O) groups excluding carboxylic acids is 1. The van der Waals surface area contributed by atoms with Crippen molar-refractivity contribution in [2.45, 2.75) is 42.4 Å². The normalized spacial score (nSPS) is 17.9. The number of hydrogen-bond donors (Lipinski definition) is 2. The third kappa shape index (κ3) is 7.48. The van der Waals surface area contributed by atoms with Gasteiger partial charge in [0, 0.05) is 29.8 Å². The number of aromatic nitrogens is 1. The smallest absolute Gasteiger partial charge is 0.251 e. The van der Waals surface area contributed by atoms with Crippen LogP contribution in [0.3, 0.4) is 0 Å². The predicted molar refractivity (Wildman–Crippen MR) is 188 cm³/mol. The second-order valence-electron chi connectivity index (χ2n) is 11.4. The first-order chi connectivity index (χ1) is 23.1. The molecule has 0 saturated carbocycles. The monoisotopic (exact) mass is 658 g/mol. The number of thioether (sulfide) groups is 1. The molecule has 5 aromatic carbocycles. The minimum absolute atomic E-state index is 0.00778. The van der Waals surface area contributed by atoms with Crippen LogP contribution >= 0.6 is 23.1 Å². The van der Waals surface area contributed by atoms with Crippen LogP contribution in [0, 0.1) is 0 Å². The highest BCUT2D eigenvalue weighted by molar-refractivity contribution is 8.01. The molecule has 1 aliphatic rings. The molecule has 0 unspecified atom stereocenters. The third-order valence-corrected chi connectivity index (χ3v) is 10.6. The number of ether oxygens (including phenoxy) is 2. The molecule has 6 aromatic rings. The zero-order valence-corrected chi connectivity index (χ0v) is 27.3. The lowest BCUT2D eigenvalue weighted by Crippen LogP contribution is -2.31. The summed E-state index contributed by atoms with van der Waals surface area (Å²) in [6.45, 7) is 0.430. The Bertz CT molecular complexity index is 1910. The van der Waals surface area contributed by atoms with Crippen molar-refractivity contribution in [3.63, 3.8) is 0 Å². The van der Waals surface area contributed by atoms with Gasteiger partial charge in [0.25, 0.3) is 5.91 Å². The molecule has 1 saturated heterocycles. The Hall–Kier alpha value is -4.31. The van der Waals surface area contributed by atoms with Crippen LogP contribution in [0.1, 0.15) is 51.4 Å². The van der Waals surface area contributed by atoms with Gasteiger partial charge in [-0.2, -0.15) is 0 Å². The van der Waals surface area contributed by atoms with Gasteiger partial charge in [0.15, 0.2) is 10.6 Å². The van der Waals surface area contributed by atoms with Gasteiger partial charge in [0.1, 0.15) is 0 Å². The number of nitrogens with zero attached hydrogens (tertiary/aromatic N) is 1. The summed E-state index contributed by atoms with van der Waals surface area (Å²) in [5.41, 5.74) is 7.68. The molecule has 8 heteroatoms. The Morgan fingerprint density at radius 2 is 1.55 bits per heavy atom. The lowest BCUT2D eigenvalue weighted by Gasteiger charge is -2.36. The van der Waals surface area contributed by atoms with Gasteiger partial charge in [0.05, 0.1) is 29.0 Å². The van der Waals surface area contributed by atoms with Crippen LogP contribution < -0.4 is 5.32 Å². The molecule has 1 amide bonds. The summed E-state index contributed by atoms with van der Waals surface area (Å²) in [6, 6.07) is 41.9. The lowest BCUT2D eigenvalue weighted by molar-refractivity contribution is -0.245.